The number of cyclic esters (lactones) is 1. The van der Waals surface area contributed by atoms with Crippen molar-refractivity contribution in [2.45, 2.75) is 27.7 Å². The van der Waals surface area contributed by atoms with Crippen LogP contribution in [0.2, 0.25) is 0 Å². The number of carbonyl (C=O) groups is 3. The molecule has 2 aromatic carbocycles. The van der Waals surface area contributed by atoms with Crippen molar-refractivity contribution < 1.29 is 28.6 Å². The van der Waals surface area contributed by atoms with Crippen LogP contribution < -0.4 is 9.47 Å². The Labute approximate surface area is 167 Å². The summed E-state index contributed by atoms with van der Waals surface area (Å²) in [7, 11) is 0. The van der Waals surface area contributed by atoms with E-state index < -0.39 is 17.9 Å². The first-order chi connectivity index (χ1) is 13.7. The smallest absolute Gasteiger partial charge is 0.363 e. The first-order valence-corrected chi connectivity index (χ1v) is 8.84. The largest absolute Gasteiger partial charge is 0.423 e. The summed E-state index contributed by atoms with van der Waals surface area (Å²) in [6.07, 6.45) is 1.50. The number of carbonyl (C=O) groups excluding carboxylic acids is 3. The second kappa shape index (κ2) is 8.10. The SMILES string of the molecule is CC(=O)Oc1ccc(C=C2N=C(c3ccc(C)c(C)c3)OC2=O)cc1OC(C)=O. The normalized spacial score (nSPS) is 14.4. The molecule has 1 aliphatic heterocycles. The average molecular weight is 393 g/mol. The maximum atomic E-state index is 12.2. The molecule has 0 aromatic heterocycles. The van der Waals surface area contributed by atoms with Gasteiger partial charge < -0.3 is 14.2 Å². The van der Waals surface area contributed by atoms with Crippen molar-refractivity contribution in [2.24, 2.45) is 4.99 Å². The quantitative estimate of drug-likeness (QED) is 0.449. The number of rotatable bonds is 4. The molecule has 1 heterocycles. The monoisotopic (exact) mass is 393 g/mol. The van der Waals surface area contributed by atoms with Crippen LogP contribution in [-0.2, 0) is 19.1 Å². The highest BCUT2D eigenvalue weighted by Crippen LogP contribution is 2.30. The summed E-state index contributed by atoms with van der Waals surface area (Å²) in [6.45, 7) is 6.43. The van der Waals surface area contributed by atoms with Crippen molar-refractivity contribution in [1.29, 1.82) is 0 Å². The molecule has 148 valence electrons. The third kappa shape index (κ3) is 4.76. The Morgan fingerprint density at radius 2 is 1.62 bits per heavy atom. The average Bonchev–Trinajstić information content (AvgIpc) is 2.99. The Morgan fingerprint density at radius 3 is 2.28 bits per heavy atom. The lowest BCUT2D eigenvalue weighted by atomic mass is 10.1. The van der Waals surface area contributed by atoms with Crippen LogP contribution in [0.3, 0.4) is 0 Å². The lowest BCUT2D eigenvalue weighted by Gasteiger charge is -2.09. The molecule has 0 saturated heterocycles. The molecule has 7 nitrogen and oxygen atoms in total. The van der Waals surface area contributed by atoms with Gasteiger partial charge >= 0.3 is 17.9 Å². The molecule has 0 saturated carbocycles. The van der Waals surface area contributed by atoms with Gasteiger partial charge in [0.1, 0.15) is 0 Å². The number of aliphatic imine (C=N–C) groups is 1. The highest BCUT2D eigenvalue weighted by Gasteiger charge is 2.24. The van der Waals surface area contributed by atoms with Crippen molar-refractivity contribution in [3.8, 4) is 11.5 Å². The Bertz CT molecular complexity index is 1080. The number of aryl methyl sites for hydroxylation is 2. The van der Waals surface area contributed by atoms with Crippen molar-refractivity contribution in [1.82, 2.24) is 0 Å². The number of benzene rings is 2. The number of hydrogen-bond donors (Lipinski definition) is 0. The van der Waals surface area contributed by atoms with Crippen LogP contribution in [0.15, 0.2) is 47.1 Å². The van der Waals surface area contributed by atoms with Gasteiger partial charge in [0.15, 0.2) is 17.2 Å². The summed E-state index contributed by atoms with van der Waals surface area (Å²) >= 11 is 0. The zero-order valence-corrected chi connectivity index (χ0v) is 16.4. The minimum Gasteiger partial charge on any atom is -0.423 e. The Kier molecular flexibility index (Phi) is 5.59. The second-order valence-corrected chi connectivity index (χ2v) is 6.53. The van der Waals surface area contributed by atoms with Gasteiger partial charge in [0.2, 0.25) is 5.90 Å². The topological polar surface area (TPSA) is 91.3 Å². The Morgan fingerprint density at radius 1 is 0.931 bits per heavy atom. The molecule has 1 aliphatic rings. The lowest BCUT2D eigenvalue weighted by molar-refractivity contribution is -0.134. The fourth-order valence-corrected chi connectivity index (χ4v) is 2.65. The van der Waals surface area contributed by atoms with Gasteiger partial charge in [0.25, 0.3) is 0 Å². The van der Waals surface area contributed by atoms with Gasteiger partial charge in [0, 0.05) is 19.4 Å². The van der Waals surface area contributed by atoms with Crippen LogP contribution in [-0.4, -0.2) is 23.8 Å². The summed E-state index contributed by atoms with van der Waals surface area (Å²) in [5.41, 5.74) is 3.52. The highest BCUT2D eigenvalue weighted by atomic mass is 16.6. The summed E-state index contributed by atoms with van der Waals surface area (Å²) < 4.78 is 15.4. The fraction of sp³-hybridized carbons (Fsp3) is 0.182. The Hall–Kier alpha value is -3.74. The third-order valence-corrected chi connectivity index (χ3v) is 4.15. The standard InChI is InChI=1S/C22H19NO6/c1-12-5-7-17(9-13(12)2)21-23-18(22(26)29-21)10-16-6-8-19(27-14(3)24)20(11-16)28-15(4)25/h5-11H,1-4H3. The second-order valence-electron chi connectivity index (χ2n) is 6.53. The van der Waals surface area contributed by atoms with Crippen molar-refractivity contribution >= 4 is 29.9 Å². The van der Waals surface area contributed by atoms with Crippen molar-refractivity contribution in [2.75, 3.05) is 0 Å². The fourth-order valence-electron chi connectivity index (χ4n) is 2.65. The molecule has 7 heteroatoms. The van der Waals surface area contributed by atoms with Gasteiger partial charge in [-0.2, -0.15) is 0 Å². The van der Waals surface area contributed by atoms with E-state index in [9.17, 15) is 14.4 Å². The van der Waals surface area contributed by atoms with Crippen LogP contribution in [0.4, 0.5) is 0 Å². The molecule has 0 fully saturated rings. The minimum absolute atomic E-state index is 0.0618. The van der Waals surface area contributed by atoms with E-state index in [0.717, 1.165) is 11.1 Å². The van der Waals surface area contributed by atoms with Gasteiger partial charge in [-0.1, -0.05) is 12.1 Å². The molecule has 2 aromatic rings. The summed E-state index contributed by atoms with van der Waals surface area (Å²) in [6, 6.07) is 10.2. The van der Waals surface area contributed by atoms with Crippen LogP contribution in [0.5, 0.6) is 11.5 Å². The molecular formula is C22H19NO6. The number of ether oxygens (including phenoxy) is 3. The van der Waals surface area contributed by atoms with Gasteiger partial charge in [-0.05, 0) is 60.9 Å². The highest BCUT2D eigenvalue weighted by molar-refractivity contribution is 6.13. The van der Waals surface area contributed by atoms with E-state index in [1.54, 1.807) is 6.07 Å². The first-order valence-electron chi connectivity index (χ1n) is 8.84. The molecule has 0 bridgehead atoms. The zero-order valence-electron chi connectivity index (χ0n) is 16.4. The molecule has 0 atom stereocenters. The van der Waals surface area contributed by atoms with E-state index >= 15 is 0 Å². The molecule has 0 N–H and O–H groups in total. The van der Waals surface area contributed by atoms with Gasteiger partial charge in [0.05, 0.1) is 0 Å². The number of hydrogen-bond acceptors (Lipinski definition) is 7. The molecular weight excluding hydrogens is 374 g/mol. The van der Waals surface area contributed by atoms with E-state index in [1.165, 1.54) is 32.1 Å². The molecule has 0 unspecified atom stereocenters. The predicted molar refractivity (Wildman–Crippen MR) is 106 cm³/mol. The van der Waals surface area contributed by atoms with Crippen LogP contribution >= 0.6 is 0 Å². The predicted octanol–water partition coefficient (Wildman–Crippen LogP) is 3.50. The third-order valence-electron chi connectivity index (χ3n) is 4.15. The van der Waals surface area contributed by atoms with E-state index in [-0.39, 0.29) is 23.1 Å². The van der Waals surface area contributed by atoms with E-state index in [1.807, 2.05) is 32.0 Å². The number of esters is 3. The minimum atomic E-state index is -0.587. The van der Waals surface area contributed by atoms with Crippen LogP contribution in [0, 0.1) is 13.8 Å². The summed E-state index contributed by atoms with van der Waals surface area (Å²) in [5.74, 6) is -1.32. The zero-order chi connectivity index (χ0) is 21.1. The molecule has 0 aliphatic carbocycles. The van der Waals surface area contributed by atoms with Gasteiger partial charge in [-0.3, -0.25) is 9.59 Å². The lowest BCUT2D eigenvalue weighted by Crippen LogP contribution is -2.07. The molecule has 0 radical (unpaired) electrons. The molecule has 0 spiro atoms. The molecule has 29 heavy (non-hydrogen) atoms. The van der Waals surface area contributed by atoms with E-state index in [2.05, 4.69) is 4.99 Å². The van der Waals surface area contributed by atoms with Gasteiger partial charge in [-0.15, -0.1) is 0 Å². The van der Waals surface area contributed by atoms with Crippen molar-refractivity contribution in [3.63, 3.8) is 0 Å². The molecule has 3 rings (SSSR count). The van der Waals surface area contributed by atoms with E-state index in [4.69, 9.17) is 14.2 Å². The van der Waals surface area contributed by atoms with E-state index in [0.29, 0.717) is 11.1 Å². The summed E-state index contributed by atoms with van der Waals surface area (Å²) in [4.78, 5) is 39.1. The Balaban J connectivity index is 1.94. The van der Waals surface area contributed by atoms with Crippen LogP contribution in [0.1, 0.15) is 36.1 Å². The maximum absolute atomic E-state index is 12.2. The summed E-state index contributed by atoms with van der Waals surface area (Å²) in [5, 5.41) is 0. The van der Waals surface area contributed by atoms with Gasteiger partial charge in [-0.25, -0.2) is 9.79 Å². The maximum Gasteiger partial charge on any atom is 0.363 e. The van der Waals surface area contributed by atoms with Crippen molar-refractivity contribution in [3.05, 3.63) is 64.3 Å². The molecule has 0 amide bonds. The van der Waals surface area contributed by atoms with Crippen LogP contribution in [0.25, 0.3) is 6.08 Å². The number of nitrogens with zero attached hydrogens (tertiary/aromatic N) is 1. The first kappa shape index (κ1) is 20.0.